The summed E-state index contributed by atoms with van der Waals surface area (Å²) < 4.78 is 7.69. The van der Waals surface area contributed by atoms with Crippen molar-refractivity contribution < 1.29 is 4.74 Å². The molecule has 21 heavy (non-hydrogen) atoms. The molecule has 0 saturated heterocycles. The van der Waals surface area contributed by atoms with Gasteiger partial charge in [0.25, 0.3) is 0 Å². The van der Waals surface area contributed by atoms with E-state index < -0.39 is 0 Å². The van der Waals surface area contributed by atoms with Crippen LogP contribution < -0.4 is 5.32 Å². The average Bonchev–Trinajstić information content (AvgIpc) is 2.96. The molecule has 1 N–H and O–H groups in total. The topological polar surface area (TPSA) is 51.5 Å². The van der Waals surface area contributed by atoms with Gasteiger partial charge in [-0.15, -0.1) is 10.2 Å². The highest BCUT2D eigenvalue weighted by Gasteiger charge is 2.19. The number of nitrogens with one attached hydrogen (secondary N) is 1. The maximum atomic E-state index is 5.63. The number of hydrogen-bond donors (Lipinski definition) is 1. The van der Waals surface area contributed by atoms with Crippen molar-refractivity contribution in [1.29, 1.82) is 0 Å². The van der Waals surface area contributed by atoms with Crippen LogP contribution in [0.4, 0.5) is 0 Å². The second-order valence-corrected chi connectivity index (χ2v) is 5.44. The van der Waals surface area contributed by atoms with Crippen LogP contribution in [0.2, 0.25) is 0 Å². The minimum absolute atomic E-state index is 0.210. The van der Waals surface area contributed by atoms with Crippen molar-refractivity contribution in [3.63, 3.8) is 0 Å². The normalized spacial score (nSPS) is 19.6. The highest BCUT2D eigenvalue weighted by molar-refractivity contribution is 5.37. The van der Waals surface area contributed by atoms with Gasteiger partial charge in [0.1, 0.15) is 6.10 Å². The summed E-state index contributed by atoms with van der Waals surface area (Å²) in [5, 5.41) is 12.2. The summed E-state index contributed by atoms with van der Waals surface area (Å²) in [7, 11) is 0. The first kappa shape index (κ1) is 14.1. The summed E-state index contributed by atoms with van der Waals surface area (Å²) in [5.74, 6) is 0.985. The number of rotatable bonds is 6. The molecule has 1 aliphatic heterocycles. The Morgan fingerprint density at radius 3 is 3.19 bits per heavy atom. The van der Waals surface area contributed by atoms with Gasteiger partial charge in [0.2, 0.25) is 0 Å². The van der Waals surface area contributed by atoms with Crippen molar-refractivity contribution in [2.75, 3.05) is 6.54 Å². The third-order valence-electron chi connectivity index (χ3n) is 3.84. The molecule has 5 heteroatoms. The molecule has 0 aromatic carbocycles. The smallest absolute Gasteiger partial charge is 0.160 e. The van der Waals surface area contributed by atoms with E-state index in [-0.39, 0.29) is 12.1 Å². The van der Waals surface area contributed by atoms with Gasteiger partial charge in [-0.05, 0) is 37.5 Å². The van der Waals surface area contributed by atoms with Crippen LogP contribution in [0, 0.1) is 0 Å². The molecule has 0 amide bonds. The molecule has 0 radical (unpaired) electrons. The minimum atomic E-state index is 0.210. The summed E-state index contributed by atoms with van der Waals surface area (Å²) in [6.07, 6.45) is 10.5. The van der Waals surface area contributed by atoms with E-state index in [1.165, 1.54) is 0 Å². The van der Waals surface area contributed by atoms with Gasteiger partial charge < -0.3 is 10.1 Å². The predicted octanol–water partition coefficient (Wildman–Crippen LogP) is 2.85. The molecular weight excluding hydrogens is 264 g/mol. The van der Waals surface area contributed by atoms with Gasteiger partial charge >= 0.3 is 0 Å². The van der Waals surface area contributed by atoms with Crippen LogP contribution in [0.1, 0.15) is 44.5 Å². The van der Waals surface area contributed by atoms with Crippen LogP contribution in [0.5, 0.6) is 0 Å². The molecule has 0 spiro atoms. The fourth-order valence-corrected chi connectivity index (χ4v) is 2.72. The van der Waals surface area contributed by atoms with Crippen molar-refractivity contribution in [1.82, 2.24) is 19.9 Å². The summed E-state index contributed by atoms with van der Waals surface area (Å²) in [5.41, 5.74) is 0.896. The van der Waals surface area contributed by atoms with E-state index in [9.17, 15) is 0 Å². The number of ether oxygens (including phenoxy) is 1. The zero-order valence-corrected chi connectivity index (χ0v) is 12.4. The third-order valence-corrected chi connectivity index (χ3v) is 3.84. The molecule has 3 rings (SSSR count). The van der Waals surface area contributed by atoms with Crippen molar-refractivity contribution in [2.45, 2.75) is 44.8 Å². The number of allylic oxidation sites excluding steroid dienone is 1. The maximum absolute atomic E-state index is 5.63. The van der Waals surface area contributed by atoms with E-state index in [1.807, 2.05) is 30.7 Å². The Bertz CT molecular complexity index is 607. The summed E-state index contributed by atoms with van der Waals surface area (Å²) in [4.78, 5) is 0. The van der Waals surface area contributed by atoms with Crippen LogP contribution in [-0.4, -0.2) is 27.2 Å². The van der Waals surface area contributed by atoms with E-state index in [1.54, 1.807) is 0 Å². The zero-order chi connectivity index (χ0) is 14.5. The number of fused-ring (bicyclic) bond motifs is 1. The lowest BCUT2D eigenvalue weighted by atomic mass is 10.1. The monoisotopic (exact) mass is 286 g/mol. The minimum Gasteiger partial charge on any atom is -0.497 e. The molecule has 112 valence electrons. The zero-order valence-electron chi connectivity index (χ0n) is 12.4. The Morgan fingerprint density at radius 1 is 1.43 bits per heavy atom. The van der Waals surface area contributed by atoms with Gasteiger partial charge in [-0.25, -0.2) is 0 Å². The van der Waals surface area contributed by atoms with E-state index in [4.69, 9.17) is 4.74 Å². The molecule has 0 fully saturated rings. The Balaban J connectivity index is 1.72. The molecule has 2 atom stereocenters. The first-order valence-electron chi connectivity index (χ1n) is 7.72. The molecule has 0 saturated carbocycles. The Hall–Kier alpha value is -1.88. The van der Waals surface area contributed by atoms with Gasteiger partial charge in [-0.1, -0.05) is 19.4 Å². The molecular formula is C16H22N4O. The van der Waals surface area contributed by atoms with Crippen LogP contribution in [-0.2, 0) is 4.74 Å². The third kappa shape index (κ3) is 3.24. The first-order valence-corrected chi connectivity index (χ1v) is 7.72. The van der Waals surface area contributed by atoms with Crippen molar-refractivity contribution in [3.05, 3.63) is 42.6 Å². The van der Waals surface area contributed by atoms with Gasteiger partial charge in [-0.3, -0.25) is 4.40 Å². The second-order valence-electron chi connectivity index (χ2n) is 5.44. The lowest BCUT2D eigenvalue weighted by Crippen LogP contribution is -2.33. The van der Waals surface area contributed by atoms with E-state index in [0.29, 0.717) is 0 Å². The molecule has 2 aromatic heterocycles. The van der Waals surface area contributed by atoms with Gasteiger partial charge in [0.05, 0.1) is 12.3 Å². The molecule has 0 aliphatic carbocycles. The molecule has 3 heterocycles. The Kier molecular flexibility index (Phi) is 4.50. The molecule has 2 aromatic rings. The quantitative estimate of drug-likeness (QED) is 0.887. The summed E-state index contributed by atoms with van der Waals surface area (Å²) >= 11 is 0. The van der Waals surface area contributed by atoms with Gasteiger partial charge in [0, 0.05) is 12.7 Å². The van der Waals surface area contributed by atoms with E-state index in [2.05, 4.69) is 32.9 Å². The van der Waals surface area contributed by atoms with Crippen LogP contribution in [0.3, 0.4) is 0 Å². The lowest BCUT2D eigenvalue weighted by Gasteiger charge is -2.23. The van der Waals surface area contributed by atoms with E-state index >= 15 is 0 Å². The first-order chi connectivity index (χ1) is 10.4. The molecule has 5 nitrogen and oxygen atoms in total. The molecule has 2 unspecified atom stereocenters. The van der Waals surface area contributed by atoms with Crippen molar-refractivity contribution in [2.24, 2.45) is 0 Å². The van der Waals surface area contributed by atoms with Gasteiger partial charge in [-0.2, -0.15) is 0 Å². The largest absolute Gasteiger partial charge is 0.497 e. The highest BCUT2D eigenvalue weighted by Crippen LogP contribution is 2.19. The van der Waals surface area contributed by atoms with Crippen molar-refractivity contribution >= 4 is 5.65 Å². The Labute approximate surface area is 125 Å². The van der Waals surface area contributed by atoms with Gasteiger partial charge in [0.15, 0.2) is 11.5 Å². The number of pyridine rings is 1. The summed E-state index contributed by atoms with van der Waals surface area (Å²) in [6, 6.07) is 6.19. The maximum Gasteiger partial charge on any atom is 0.160 e. The summed E-state index contributed by atoms with van der Waals surface area (Å²) in [6.45, 7) is 3.04. The van der Waals surface area contributed by atoms with Crippen LogP contribution >= 0.6 is 0 Å². The fourth-order valence-electron chi connectivity index (χ4n) is 2.72. The average molecular weight is 286 g/mol. The number of aromatic nitrogens is 3. The fraction of sp³-hybridized carbons (Fsp3) is 0.500. The number of nitrogens with zero attached hydrogens (tertiary/aromatic N) is 3. The van der Waals surface area contributed by atoms with Crippen molar-refractivity contribution in [3.8, 4) is 0 Å². The van der Waals surface area contributed by atoms with Crippen LogP contribution in [0.25, 0.3) is 5.65 Å². The standard InChI is InChI=1S/C16H22N4O/c1-2-7-14(17-12-13-8-4-6-11-21-13)16-19-18-15-9-3-5-10-20(15)16/h3,5-6,9-11,13-14,17H,2,4,7-8,12H2,1H3. The van der Waals surface area contributed by atoms with Crippen LogP contribution in [0.15, 0.2) is 36.7 Å². The second kappa shape index (κ2) is 6.72. The van der Waals surface area contributed by atoms with E-state index in [0.717, 1.165) is 43.7 Å². The SMILES string of the molecule is CCCC(NCC1CCC=CO1)c1nnc2ccccn12. The lowest BCUT2D eigenvalue weighted by molar-refractivity contribution is 0.118. The molecule has 1 aliphatic rings. The highest BCUT2D eigenvalue weighted by atomic mass is 16.5. The Morgan fingerprint density at radius 2 is 2.38 bits per heavy atom. The predicted molar refractivity (Wildman–Crippen MR) is 81.9 cm³/mol. The molecule has 0 bridgehead atoms. The number of hydrogen-bond acceptors (Lipinski definition) is 4.